The van der Waals surface area contributed by atoms with Crippen LogP contribution in [0, 0.1) is 0 Å². The molecule has 0 aliphatic carbocycles. The normalized spacial score (nSPS) is 10.9. The molecule has 0 heterocycles. The minimum Gasteiger partial charge on any atom is -0.324 e. The standard InChI is InChI=1S/C24H30N2O3/c1-15(2)21-8-7-9-22(16(3)4)24(21)25-23(29)14-26(18(6)28)20-12-10-19(11-13-20)17(5)27/h7-13,15-16H,14H2,1-6H3,(H,25,29). The van der Waals surface area contributed by atoms with Gasteiger partial charge in [0.2, 0.25) is 11.8 Å². The Balaban J connectivity index is 2.28. The number of anilines is 2. The second-order valence-electron chi connectivity index (χ2n) is 7.88. The SMILES string of the molecule is CC(=O)c1ccc(N(CC(=O)Nc2c(C(C)C)cccc2C(C)C)C(C)=O)cc1. The van der Waals surface area contributed by atoms with Gasteiger partial charge in [0.15, 0.2) is 5.78 Å². The van der Waals surface area contributed by atoms with E-state index >= 15 is 0 Å². The number of amides is 2. The van der Waals surface area contributed by atoms with Crippen molar-refractivity contribution < 1.29 is 14.4 Å². The van der Waals surface area contributed by atoms with Crippen molar-refractivity contribution in [2.75, 3.05) is 16.8 Å². The van der Waals surface area contributed by atoms with Crippen molar-refractivity contribution in [3.05, 3.63) is 59.2 Å². The van der Waals surface area contributed by atoms with Crippen LogP contribution in [0.5, 0.6) is 0 Å². The molecule has 0 fully saturated rings. The first-order valence-electron chi connectivity index (χ1n) is 9.93. The lowest BCUT2D eigenvalue weighted by Crippen LogP contribution is -2.37. The molecule has 0 radical (unpaired) electrons. The number of carbonyl (C=O) groups is 3. The number of ketones is 1. The number of nitrogens with zero attached hydrogens (tertiary/aromatic N) is 1. The van der Waals surface area contributed by atoms with Crippen molar-refractivity contribution in [1.29, 1.82) is 0 Å². The minimum atomic E-state index is -0.258. The Bertz CT molecular complexity index is 873. The van der Waals surface area contributed by atoms with E-state index in [1.807, 2.05) is 18.2 Å². The zero-order chi connectivity index (χ0) is 21.7. The predicted molar refractivity (Wildman–Crippen MR) is 118 cm³/mol. The number of rotatable bonds is 7. The number of hydrogen-bond acceptors (Lipinski definition) is 3. The number of nitrogens with one attached hydrogen (secondary N) is 1. The molecule has 0 bridgehead atoms. The third-order valence-corrected chi connectivity index (χ3v) is 4.90. The third kappa shape index (κ3) is 5.53. The Morgan fingerprint density at radius 1 is 0.862 bits per heavy atom. The molecule has 5 heteroatoms. The van der Waals surface area contributed by atoms with Crippen molar-refractivity contribution in [1.82, 2.24) is 0 Å². The van der Waals surface area contributed by atoms with Gasteiger partial charge in [0.25, 0.3) is 0 Å². The Kier molecular flexibility index (Phi) is 7.32. The monoisotopic (exact) mass is 394 g/mol. The second-order valence-corrected chi connectivity index (χ2v) is 7.88. The van der Waals surface area contributed by atoms with Gasteiger partial charge in [-0.1, -0.05) is 45.9 Å². The van der Waals surface area contributed by atoms with Crippen molar-refractivity contribution in [3.63, 3.8) is 0 Å². The van der Waals surface area contributed by atoms with Gasteiger partial charge in [-0.25, -0.2) is 0 Å². The van der Waals surface area contributed by atoms with Gasteiger partial charge >= 0.3 is 0 Å². The van der Waals surface area contributed by atoms with E-state index in [0.717, 1.165) is 16.8 Å². The fourth-order valence-corrected chi connectivity index (χ4v) is 3.28. The van der Waals surface area contributed by atoms with Crippen LogP contribution in [0.25, 0.3) is 0 Å². The Morgan fingerprint density at radius 2 is 1.38 bits per heavy atom. The van der Waals surface area contributed by atoms with Gasteiger partial charge in [0, 0.05) is 23.9 Å². The lowest BCUT2D eigenvalue weighted by atomic mass is 9.92. The molecule has 29 heavy (non-hydrogen) atoms. The highest BCUT2D eigenvalue weighted by Crippen LogP contribution is 2.32. The summed E-state index contributed by atoms with van der Waals surface area (Å²) in [6.07, 6.45) is 0. The molecule has 2 aromatic rings. The van der Waals surface area contributed by atoms with E-state index in [9.17, 15) is 14.4 Å². The van der Waals surface area contributed by atoms with Crippen molar-refractivity contribution in [3.8, 4) is 0 Å². The van der Waals surface area contributed by atoms with E-state index in [1.54, 1.807) is 24.3 Å². The molecule has 2 rings (SSSR count). The highest BCUT2D eigenvalue weighted by atomic mass is 16.2. The quantitative estimate of drug-likeness (QED) is 0.662. The lowest BCUT2D eigenvalue weighted by molar-refractivity contribution is -0.120. The van der Waals surface area contributed by atoms with Crippen LogP contribution in [-0.4, -0.2) is 24.1 Å². The van der Waals surface area contributed by atoms with Gasteiger partial charge in [0.1, 0.15) is 6.54 Å². The maximum Gasteiger partial charge on any atom is 0.244 e. The van der Waals surface area contributed by atoms with Gasteiger partial charge in [-0.3, -0.25) is 14.4 Å². The Morgan fingerprint density at radius 3 is 1.79 bits per heavy atom. The van der Waals surface area contributed by atoms with E-state index in [0.29, 0.717) is 11.3 Å². The van der Waals surface area contributed by atoms with Crippen molar-refractivity contribution in [2.24, 2.45) is 0 Å². The molecular weight excluding hydrogens is 364 g/mol. The summed E-state index contributed by atoms with van der Waals surface area (Å²) < 4.78 is 0. The van der Waals surface area contributed by atoms with Crippen LogP contribution >= 0.6 is 0 Å². The van der Waals surface area contributed by atoms with E-state index in [1.165, 1.54) is 18.7 Å². The Hall–Kier alpha value is -2.95. The predicted octanol–water partition coefficient (Wildman–Crippen LogP) is 5.13. The summed E-state index contributed by atoms with van der Waals surface area (Å²) in [5, 5.41) is 3.04. The molecule has 0 saturated heterocycles. The molecule has 0 saturated carbocycles. The molecule has 0 aliphatic heterocycles. The first-order valence-corrected chi connectivity index (χ1v) is 9.93. The van der Waals surface area contributed by atoms with Gasteiger partial charge in [-0.05, 0) is 54.2 Å². The number of carbonyl (C=O) groups excluding carboxylic acids is 3. The minimum absolute atomic E-state index is 0.0461. The molecule has 0 aliphatic rings. The van der Waals surface area contributed by atoms with E-state index in [2.05, 4.69) is 33.0 Å². The fraction of sp³-hybridized carbons (Fsp3) is 0.375. The van der Waals surface area contributed by atoms with Crippen LogP contribution < -0.4 is 10.2 Å². The fourth-order valence-electron chi connectivity index (χ4n) is 3.28. The lowest BCUT2D eigenvalue weighted by Gasteiger charge is -2.23. The number of para-hydroxylation sites is 1. The van der Waals surface area contributed by atoms with Crippen LogP contribution in [0.15, 0.2) is 42.5 Å². The molecule has 0 atom stereocenters. The molecule has 2 aromatic carbocycles. The van der Waals surface area contributed by atoms with E-state index in [4.69, 9.17) is 0 Å². The third-order valence-electron chi connectivity index (χ3n) is 4.90. The summed E-state index contributed by atoms with van der Waals surface area (Å²) in [5.74, 6) is -0.0305. The van der Waals surface area contributed by atoms with Crippen molar-refractivity contribution >= 4 is 29.0 Å². The highest BCUT2D eigenvalue weighted by Gasteiger charge is 2.20. The first kappa shape index (κ1) is 22.3. The summed E-state index contributed by atoms with van der Waals surface area (Å²) in [7, 11) is 0. The largest absolute Gasteiger partial charge is 0.324 e. The second kappa shape index (κ2) is 9.50. The molecule has 0 aromatic heterocycles. The van der Waals surface area contributed by atoms with Gasteiger partial charge in [-0.2, -0.15) is 0 Å². The number of Topliss-reactive ketones (excluding diaryl/α,β-unsaturated/α-hetero) is 1. The smallest absolute Gasteiger partial charge is 0.244 e. The van der Waals surface area contributed by atoms with E-state index in [-0.39, 0.29) is 36.0 Å². The molecular formula is C24H30N2O3. The zero-order valence-electron chi connectivity index (χ0n) is 18.1. The Labute approximate surface area is 173 Å². The van der Waals surface area contributed by atoms with Gasteiger partial charge in [0.05, 0.1) is 0 Å². The zero-order valence-corrected chi connectivity index (χ0v) is 18.1. The molecule has 154 valence electrons. The van der Waals surface area contributed by atoms with Crippen LogP contribution in [0.1, 0.15) is 74.9 Å². The average molecular weight is 395 g/mol. The van der Waals surface area contributed by atoms with Crippen LogP contribution in [0.3, 0.4) is 0 Å². The maximum atomic E-state index is 12.9. The van der Waals surface area contributed by atoms with Crippen LogP contribution in [0.4, 0.5) is 11.4 Å². The van der Waals surface area contributed by atoms with Crippen LogP contribution in [0.2, 0.25) is 0 Å². The summed E-state index contributed by atoms with van der Waals surface area (Å²) in [4.78, 5) is 37.9. The topological polar surface area (TPSA) is 66.5 Å². The molecule has 0 unspecified atom stereocenters. The summed E-state index contributed by atoms with van der Waals surface area (Å²) in [6, 6.07) is 12.8. The maximum absolute atomic E-state index is 12.9. The summed E-state index contributed by atoms with van der Waals surface area (Å²) in [6.45, 7) is 11.2. The van der Waals surface area contributed by atoms with Crippen LogP contribution in [-0.2, 0) is 9.59 Å². The van der Waals surface area contributed by atoms with E-state index < -0.39 is 0 Å². The first-order chi connectivity index (χ1) is 13.6. The summed E-state index contributed by atoms with van der Waals surface area (Å²) in [5.41, 5.74) is 4.13. The van der Waals surface area contributed by atoms with Gasteiger partial charge < -0.3 is 10.2 Å². The molecule has 0 spiro atoms. The highest BCUT2D eigenvalue weighted by molar-refractivity contribution is 6.03. The van der Waals surface area contributed by atoms with Gasteiger partial charge in [-0.15, -0.1) is 0 Å². The molecule has 2 amide bonds. The number of benzene rings is 2. The van der Waals surface area contributed by atoms with Crippen molar-refractivity contribution in [2.45, 2.75) is 53.4 Å². The average Bonchev–Trinajstić information content (AvgIpc) is 2.65. The summed E-state index contributed by atoms with van der Waals surface area (Å²) >= 11 is 0. The number of hydrogen-bond donors (Lipinski definition) is 1. The molecule has 5 nitrogen and oxygen atoms in total. The molecule has 1 N–H and O–H groups in total.